The van der Waals surface area contributed by atoms with Gasteiger partial charge in [-0.2, -0.15) is 4.89 Å². The number of carbonyl (C=O) groups excluding carboxylic acids is 1. The van der Waals surface area contributed by atoms with Gasteiger partial charge in [0.05, 0.1) is 12.8 Å². The second kappa shape index (κ2) is 21.6. The van der Waals surface area contributed by atoms with Crippen LogP contribution in [0.15, 0.2) is 0 Å². The molecule has 0 aliphatic heterocycles. The van der Waals surface area contributed by atoms with E-state index in [1.165, 1.54) is 96.3 Å². The molecule has 0 aliphatic carbocycles. The Morgan fingerprint density at radius 3 is 1.52 bits per heavy atom. The van der Waals surface area contributed by atoms with Gasteiger partial charge in [-0.05, 0) is 13.3 Å². The lowest BCUT2D eigenvalue weighted by Crippen LogP contribution is -2.14. The number of hydrogen-bond donors (Lipinski definition) is 1. The summed E-state index contributed by atoms with van der Waals surface area (Å²) in [6.07, 6.45) is 21.9. The standard InChI is InChI=1S/C24H46O5/c1-3-4-5-6-7-8-9-10-11-12-13-14-15-16-17-18-19-22(2)28-29-24(27)21-20-23(25)26/h22H,3-21H2,1-2H3,(H,25,26). The summed E-state index contributed by atoms with van der Waals surface area (Å²) in [5.41, 5.74) is 0. The molecule has 5 nitrogen and oxygen atoms in total. The number of aliphatic carboxylic acids is 1. The van der Waals surface area contributed by atoms with E-state index in [2.05, 4.69) is 11.8 Å². The molecule has 172 valence electrons. The number of carboxylic acid groups (broad SMARTS) is 1. The van der Waals surface area contributed by atoms with Gasteiger partial charge >= 0.3 is 11.9 Å². The molecule has 0 aromatic rings. The van der Waals surface area contributed by atoms with Crippen molar-refractivity contribution in [1.29, 1.82) is 0 Å². The summed E-state index contributed by atoms with van der Waals surface area (Å²) in [5.74, 6) is -1.63. The maximum absolute atomic E-state index is 11.3. The van der Waals surface area contributed by atoms with Crippen LogP contribution in [-0.2, 0) is 19.4 Å². The summed E-state index contributed by atoms with van der Waals surface area (Å²) in [5, 5.41) is 8.50. The number of hydrogen-bond acceptors (Lipinski definition) is 4. The molecule has 0 aliphatic rings. The first kappa shape index (κ1) is 27.9. The Labute approximate surface area is 178 Å². The zero-order chi connectivity index (χ0) is 21.6. The third-order valence-corrected chi connectivity index (χ3v) is 5.31. The fraction of sp³-hybridized carbons (Fsp3) is 0.917. The SMILES string of the molecule is CCCCCCCCCCCCCCCCCCC(C)OOC(=O)CCC(=O)O. The maximum atomic E-state index is 11.3. The molecule has 0 amide bonds. The van der Waals surface area contributed by atoms with Crippen LogP contribution < -0.4 is 0 Å². The fourth-order valence-electron chi connectivity index (χ4n) is 3.41. The van der Waals surface area contributed by atoms with Gasteiger partial charge in [0.25, 0.3) is 0 Å². The lowest BCUT2D eigenvalue weighted by atomic mass is 10.0. The van der Waals surface area contributed by atoms with Gasteiger partial charge in [0.2, 0.25) is 0 Å². The Morgan fingerprint density at radius 1 is 0.690 bits per heavy atom. The van der Waals surface area contributed by atoms with Gasteiger partial charge in [-0.15, -0.1) is 0 Å². The monoisotopic (exact) mass is 414 g/mol. The normalized spacial score (nSPS) is 12.1. The van der Waals surface area contributed by atoms with E-state index in [0.717, 1.165) is 12.8 Å². The first-order valence-corrected chi connectivity index (χ1v) is 12.1. The van der Waals surface area contributed by atoms with Crippen LogP contribution in [-0.4, -0.2) is 23.1 Å². The molecule has 0 heterocycles. The minimum atomic E-state index is -1.01. The minimum Gasteiger partial charge on any atom is -0.481 e. The first-order chi connectivity index (χ1) is 14.1. The largest absolute Gasteiger partial charge is 0.481 e. The molecule has 1 unspecified atom stereocenters. The molecule has 0 radical (unpaired) electrons. The number of carbonyl (C=O) groups is 2. The van der Waals surface area contributed by atoms with Crippen molar-refractivity contribution < 1.29 is 24.5 Å². The highest BCUT2D eigenvalue weighted by Gasteiger charge is 2.10. The van der Waals surface area contributed by atoms with E-state index in [0.29, 0.717) is 0 Å². The van der Waals surface area contributed by atoms with E-state index in [1.807, 2.05) is 6.92 Å². The molecule has 0 saturated heterocycles. The smallest absolute Gasteiger partial charge is 0.342 e. The molecular weight excluding hydrogens is 368 g/mol. The predicted molar refractivity (Wildman–Crippen MR) is 118 cm³/mol. The molecule has 0 aromatic heterocycles. The van der Waals surface area contributed by atoms with Crippen molar-refractivity contribution in [3.8, 4) is 0 Å². The van der Waals surface area contributed by atoms with E-state index in [4.69, 9.17) is 9.99 Å². The quantitative estimate of drug-likeness (QED) is 0.114. The molecular formula is C24H46O5. The van der Waals surface area contributed by atoms with Gasteiger partial charge < -0.3 is 5.11 Å². The van der Waals surface area contributed by atoms with Crippen LogP contribution in [0, 0.1) is 0 Å². The highest BCUT2D eigenvalue weighted by atomic mass is 17.2. The third-order valence-electron chi connectivity index (χ3n) is 5.31. The fourth-order valence-corrected chi connectivity index (χ4v) is 3.41. The van der Waals surface area contributed by atoms with E-state index in [1.54, 1.807) is 0 Å². The zero-order valence-corrected chi connectivity index (χ0v) is 19.1. The molecule has 1 N–H and O–H groups in total. The summed E-state index contributed by atoms with van der Waals surface area (Å²) in [6.45, 7) is 4.14. The maximum Gasteiger partial charge on any atom is 0.342 e. The highest BCUT2D eigenvalue weighted by molar-refractivity contribution is 5.76. The Hall–Kier alpha value is -1.10. The summed E-state index contributed by atoms with van der Waals surface area (Å²) in [6, 6.07) is 0. The Bertz CT molecular complexity index is 383. The van der Waals surface area contributed by atoms with Gasteiger partial charge in [0.15, 0.2) is 0 Å². The van der Waals surface area contributed by atoms with E-state index < -0.39 is 11.9 Å². The minimum absolute atomic E-state index is 0.143. The number of rotatable bonds is 22. The predicted octanol–water partition coefficient (Wildman–Crippen LogP) is 7.37. The van der Waals surface area contributed by atoms with Gasteiger partial charge in [0.1, 0.15) is 6.10 Å². The molecule has 0 aromatic carbocycles. The average Bonchev–Trinajstić information content (AvgIpc) is 2.70. The van der Waals surface area contributed by atoms with Gasteiger partial charge in [-0.25, -0.2) is 4.79 Å². The van der Waals surface area contributed by atoms with Crippen LogP contribution in [0.1, 0.15) is 136 Å². The third kappa shape index (κ3) is 23.0. The van der Waals surface area contributed by atoms with Crippen LogP contribution in [0.3, 0.4) is 0 Å². The van der Waals surface area contributed by atoms with Crippen LogP contribution in [0.4, 0.5) is 0 Å². The zero-order valence-electron chi connectivity index (χ0n) is 19.1. The lowest BCUT2D eigenvalue weighted by Gasteiger charge is -2.11. The van der Waals surface area contributed by atoms with Crippen molar-refractivity contribution in [1.82, 2.24) is 0 Å². The molecule has 29 heavy (non-hydrogen) atoms. The second-order valence-electron chi connectivity index (χ2n) is 8.35. The van der Waals surface area contributed by atoms with Crippen LogP contribution in [0.25, 0.3) is 0 Å². The molecule has 5 heteroatoms. The van der Waals surface area contributed by atoms with E-state index in [-0.39, 0.29) is 18.9 Å². The van der Waals surface area contributed by atoms with Crippen molar-refractivity contribution in [2.45, 2.75) is 142 Å². The van der Waals surface area contributed by atoms with Crippen molar-refractivity contribution >= 4 is 11.9 Å². The second-order valence-corrected chi connectivity index (χ2v) is 8.35. The van der Waals surface area contributed by atoms with E-state index >= 15 is 0 Å². The van der Waals surface area contributed by atoms with Crippen LogP contribution in [0.2, 0.25) is 0 Å². The van der Waals surface area contributed by atoms with Gasteiger partial charge in [-0.1, -0.05) is 110 Å². The summed E-state index contributed by atoms with van der Waals surface area (Å²) >= 11 is 0. The lowest BCUT2D eigenvalue weighted by molar-refractivity contribution is -0.295. The number of carboxylic acids is 1. The molecule has 0 saturated carbocycles. The number of unbranched alkanes of at least 4 members (excludes halogenated alkanes) is 15. The summed E-state index contributed by atoms with van der Waals surface area (Å²) in [7, 11) is 0. The molecule has 0 fully saturated rings. The van der Waals surface area contributed by atoms with Gasteiger partial charge in [-0.3, -0.25) is 9.68 Å². The molecule has 0 rings (SSSR count). The van der Waals surface area contributed by atoms with Gasteiger partial charge in [0, 0.05) is 0 Å². The first-order valence-electron chi connectivity index (χ1n) is 12.1. The molecule has 0 spiro atoms. The molecule has 1 atom stereocenters. The van der Waals surface area contributed by atoms with Crippen molar-refractivity contribution in [3.63, 3.8) is 0 Å². The van der Waals surface area contributed by atoms with Crippen molar-refractivity contribution in [3.05, 3.63) is 0 Å². The highest BCUT2D eigenvalue weighted by Crippen LogP contribution is 2.14. The molecule has 0 bridgehead atoms. The Kier molecular flexibility index (Phi) is 20.8. The Balaban J connectivity index is 3.23. The average molecular weight is 415 g/mol. The summed E-state index contributed by atoms with van der Waals surface area (Å²) < 4.78 is 0. The summed E-state index contributed by atoms with van der Waals surface area (Å²) in [4.78, 5) is 31.3. The van der Waals surface area contributed by atoms with Crippen LogP contribution in [0.5, 0.6) is 0 Å². The Morgan fingerprint density at radius 2 is 1.10 bits per heavy atom. The van der Waals surface area contributed by atoms with Crippen molar-refractivity contribution in [2.24, 2.45) is 0 Å². The topological polar surface area (TPSA) is 72.8 Å². The van der Waals surface area contributed by atoms with E-state index in [9.17, 15) is 9.59 Å². The van der Waals surface area contributed by atoms with Crippen LogP contribution >= 0.6 is 0 Å². The van der Waals surface area contributed by atoms with Crippen molar-refractivity contribution in [2.75, 3.05) is 0 Å².